The molecule has 0 saturated carbocycles. The van der Waals surface area contributed by atoms with Crippen molar-refractivity contribution in [1.29, 1.82) is 0 Å². The number of para-hydroxylation sites is 1. The van der Waals surface area contributed by atoms with Gasteiger partial charge in [0.15, 0.2) is 0 Å². The molecule has 4 heteroatoms. The zero-order valence-electron chi connectivity index (χ0n) is 12.8. The molecule has 3 aromatic rings. The summed E-state index contributed by atoms with van der Waals surface area (Å²) in [7, 11) is -3.62. The molecule has 0 fully saturated rings. The van der Waals surface area contributed by atoms with Gasteiger partial charge >= 0.3 is 0 Å². The molecule has 3 rings (SSSR count). The first-order valence-electron chi connectivity index (χ1n) is 7.24. The molecule has 1 heterocycles. The summed E-state index contributed by atoms with van der Waals surface area (Å²) in [5, 5.41) is 0.893. The molecule has 0 bridgehead atoms. The number of benzene rings is 2. The van der Waals surface area contributed by atoms with Gasteiger partial charge in [-0.05, 0) is 25.1 Å². The van der Waals surface area contributed by atoms with E-state index in [1.807, 2.05) is 43.3 Å². The van der Waals surface area contributed by atoms with Gasteiger partial charge in [0.05, 0.1) is 10.4 Å². The van der Waals surface area contributed by atoms with Gasteiger partial charge in [-0.3, -0.25) is 0 Å². The largest absolute Gasteiger partial charge is 0.268 e. The van der Waals surface area contributed by atoms with Crippen LogP contribution in [0.2, 0.25) is 0 Å². The Kier molecular flexibility index (Phi) is 3.92. The number of hydrogen-bond donors (Lipinski definition) is 0. The first-order valence-corrected chi connectivity index (χ1v) is 8.68. The minimum absolute atomic E-state index is 0.274. The van der Waals surface area contributed by atoms with E-state index in [-0.39, 0.29) is 4.90 Å². The quantitative estimate of drug-likeness (QED) is 0.665. The van der Waals surface area contributed by atoms with E-state index in [1.54, 1.807) is 36.5 Å². The highest BCUT2D eigenvalue weighted by Crippen LogP contribution is 2.27. The lowest BCUT2D eigenvalue weighted by atomic mass is 10.1. The molecule has 0 aliphatic rings. The molecule has 0 radical (unpaired) electrons. The maximum atomic E-state index is 12.9. The predicted octanol–water partition coefficient (Wildman–Crippen LogP) is 4.47. The molecule has 1 aromatic heterocycles. The summed E-state index contributed by atoms with van der Waals surface area (Å²) in [5.74, 6) is 0. The molecule has 0 spiro atoms. The fraction of sp³-hybridized carbons (Fsp3) is 0.0526. The summed E-state index contributed by atoms with van der Waals surface area (Å²) < 4.78 is 27.2. The standard InChI is InChI=1S/C19H17NO2S/c1-15(2)12-13-16-14-20(19-11-7-6-10-18(16)19)23(21,22)17-8-4-3-5-9-17/h3-14H,1H2,2H3/b13-12+. The molecule has 0 saturated heterocycles. The van der Waals surface area contributed by atoms with Gasteiger partial charge in [-0.2, -0.15) is 0 Å². The van der Waals surface area contributed by atoms with Gasteiger partial charge in [0.1, 0.15) is 0 Å². The van der Waals surface area contributed by atoms with Crippen molar-refractivity contribution >= 4 is 27.0 Å². The first-order chi connectivity index (χ1) is 11.0. The number of rotatable bonds is 4. The molecule has 0 amide bonds. The molecule has 2 aromatic carbocycles. The van der Waals surface area contributed by atoms with E-state index in [9.17, 15) is 8.42 Å². The van der Waals surface area contributed by atoms with Crippen LogP contribution in [-0.4, -0.2) is 12.4 Å². The highest BCUT2D eigenvalue weighted by molar-refractivity contribution is 7.90. The van der Waals surface area contributed by atoms with Crippen LogP contribution in [0.3, 0.4) is 0 Å². The van der Waals surface area contributed by atoms with Crippen LogP contribution in [0, 0.1) is 0 Å². The van der Waals surface area contributed by atoms with Crippen molar-refractivity contribution in [2.45, 2.75) is 11.8 Å². The van der Waals surface area contributed by atoms with Crippen LogP contribution >= 0.6 is 0 Å². The second-order valence-electron chi connectivity index (χ2n) is 5.40. The smallest absolute Gasteiger partial charge is 0.241 e. The number of nitrogens with zero attached hydrogens (tertiary/aromatic N) is 1. The second kappa shape index (κ2) is 5.89. The topological polar surface area (TPSA) is 39.1 Å². The van der Waals surface area contributed by atoms with Gasteiger partial charge in [-0.1, -0.05) is 60.7 Å². The van der Waals surface area contributed by atoms with Crippen molar-refractivity contribution in [2.24, 2.45) is 0 Å². The highest BCUT2D eigenvalue weighted by Gasteiger charge is 2.19. The average molecular weight is 323 g/mol. The van der Waals surface area contributed by atoms with Crippen molar-refractivity contribution in [3.63, 3.8) is 0 Å². The van der Waals surface area contributed by atoms with Gasteiger partial charge in [0.2, 0.25) is 0 Å². The summed E-state index contributed by atoms with van der Waals surface area (Å²) in [6.45, 7) is 5.74. The number of aromatic nitrogens is 1. The van der Waals surface area contributed by atoms with Gasteiger partial charge in [-0.15, -0.1) is 0 Å². The molecular formula is C19H17NO2S. The highest BCUT2D eigenvalue weighted by atomic mass is 32.2. The van der Waals surface area contributed by atoms with Gasteiger partial charge in [-0.25, -0.2) is 12.4 Å². The zero-order valence-corrected chi connectivity index (χ0v) is 13.6. The van der Waals surface area contributed by atoms with Crippen LogP contribution in [0.1, 0.15) is 12.5 Å². The van der Waals surface area contributed by atoms with E-state index >= 15 is 0 Å². The van der Waals surface area contributed by atoms with E-state index in [1.165, 1.54) is 3.97 Å². The lowest BCUT2D eigenvalue weighted by molar-refractivity contribution is 0.589. The summed E-state index contributed by atoms with van der Waals surface area (Å²) in [5.41, 5.74) is 2.42. The number of allylic oxidation sites excluding steroid dienone is 2. The Hall–Kier alpha value is -2.59. The second-order valence-corrected chi connectivity index (χ2v) is 7.21. The van der Waals surface area contributed by atoms with E-state index in [0.717, 1.165) is 16.5 Å². The Bertz CT molecular complexity index is 996. The van der Waals surface area contributed by atoms with Crippen LogP contribution < -0.4 is 0 Å². The Balaban J connectivity index is 2.25. The van der Waals surface area contributed by atoms with Crippen LogP contribution in [0.4, 0.5) is 0 Å². The van der Waals surface area contributed by atoms with E-state index in [4.69, 9.17) is 0 Å². The lowest BCUT2D eigenvalue weighted by Gasteiger charge is -2.07. The SMILES string of the molecule is C=C(C)/C=C/c1cn(S(=O)(=O)c2ccccc2)c2ccccc12. The Morgan fingerprint density at radius 3 is 2.39 bits per heavy atom. The van der Waals surface area contributed by atoms with Gasteiger partial charge in [0, 0.05) is 17.1 Å². The third-order valence-corrected chi connectivity index (χ3v) is 5.24. The normalized spacial score (nSPS) is 12.0. The summed E-state index contributed by atoms with van der Waals surface area (Å²) in [6, 6.07) is 15.9. The fourth-order valence-electron chi connectivity index (χ4n) is 2.45. The zero-order chi connectivity index (χ0) is 16.4. The van der Waals surface area contributed by atoms with Crippen molar-refractivity contribution in [3.05, 3.63) is 84.6 Å². The van der Waals surface area contributed by atoms with Crippen LogP contribution in [0.15, 0.2) is 83.9 Å². The number of fused-ring (bicyclic) bond motifs is 1. The van der Waals surface area contributed by atoms with Crippen molar-refractivity contribution < 1.29 is 8.42 Å². The molecule has 0 N–H and O–H groups in total. The molecule has 0 unspecified atom stereocenters. The van der Waals surface area contributed by atoms with Crippen molar-refractivity contribution in [1.82, 2.24) is 3.97 Å². The van der Waals surface area contributed by atoms with Crippen molar-refractivity contribution in [2.75, 3.05) is 0 Å². The third-order valence-electron chi connectivity index (χ3n) is 3.56. The maximum absolute atomic E-state index is 12.9. The minimum atomic E-state index is -3.62. The molecular weight excluding hydrogens is 306 g/mol. The Morgan fingerprint density at radius 1 is 1.04 bits per heavy atom. The minimum Gasteiger partial charge on any atom is -0.241 e. The molecule has 23 heavy (non-hydrogen) atoms. The predicted molar refractivity (Wildman–Crippen MR) is 94.8 cm³/mol. The van der Waals surface area contributed by atoms with Gasteiger partial charge in [0.25, 0.3) is 10.0 Å². The first kappa shape index (κ1) is 15.3. The molecule has 0 aliphatic carbocycles. The summed E-state index contributed by atoms with van der Waals surface area (Å²) in [6.07, 6.45) is 5.43. The molecule has 116 valence electrons. The van der Waals surface area contributed by atoms with E-state index < -0.39 is 10.0 Å². The van der Waals surface area contributed by atoms with Crippen molar-refractivity contribution in [3.8, 4) is 0 Å². The molecule has 3 nitrogen and oxygen atoms in total. The van der Waals surface area contributed by atoms with Crippen LogP contribution in [0.5, 0.6) is 0 Å². The molecule has 0 atom stereocenters. The van der Waals surface area contributed by atoms with E-state index in [2.05, 4.69) is 6.58 Å². The summed E-state index contributed by atoms with van der Waals surface area (Å²) >= 11 is 0. The van der Waals surface area contributed by atoms with E-state index in [0.29, 0.717) is 5.52 Å². The average Bonchev–Trinajstić information content (AvgIpc) is 2.93. The Labute approximate surface area is 136 Å². The van der Waals surface area contributed by atoms with Crippen LogP contribution in [0.25, 0.3) is 17.0 Å². The monoisotopic (exact) mass is 323 g/mol. The van der Waals surface area contributed by atoms with Gasteiger partial charge < -0.3 is 0 Å². The summed E-state index contributed by atoms with van der Waals surface area (Å²) in [4.78, 5) is 0.274. The maximum Gasteiger partial charge on any atom is 0.268 e. The van der Waals surface area contributed by atoms with Crippen LogP contribution in [-0.2, 0) is 10.0 Å². The Morgan fingerprint density at radius 2 is 1.70 bits per heavy atom. The molecule has 0 aliphatic heterocycles. The number of hydrogen-bond acceptors (Lipinski definition) is 2. The third kappa shape index (κ3) is 2.85. The lowest BCUT2D eigenvalue weighted by Crippen LogP contribution is -2.11. The fourth-order valence-corrected chi connectivity index (χ4v) is 3.84.